The molecule has 2 N–H and O–H groups in total. The van der Waals surface area contributed by atoms with E-state index < -0.39 is 67.7 Å². The molecule has 3 heterocycles. The van der Waals surface area contributed by atoms with E-state index in [1.807, 2.05) is 128 Å². The molecule has 3 aliphatic heterocycles. The fourth-order valence-electron chi connectivity index (χ4n) is 6.64. The molecular weight excluding hydrogens is 640 g/mol. The molecule has 0 saturated carbocycles. The van der Waals surface area contributed by atoms with Gasteiger partial charge < -0.3 is 48.1 Å². The van der Waals surface area contributed by atoms with Crippen LogP contribution < -0.4 is 0 Å². The average molecular weight is 685 g/mol. The Morgan fingerprint density at radius 1 is 0.580 bits per heavy atom. The smallest absolute Gasteiger partial charge is 0.187 e. The predicted molar refractivity (Wildman–Crippen MR) is 181 cm³/mol. The van der Waals surface area contributed by atoms with Crippen molar-refractivity contribution in [3.63, 3.8) is 0 Å². The van der Waals surface area contributed by atoms with Gasteiger partial charge in [-0.25, -0.2) is 0 Å². The molecule has 10 heteroatoms. The Labute approximate surface area is 292 Å². The molecular formula is C40H44O10. The van der Waals surface area contributed by atoms with Gasteiger partial charge in [0.2, 0.25) is 0 Å². The standard InChI is InChI=1S/C40H44O10/c1-26-33(43-22-27-14-6-2-7-15-27)36(44-23-28-16-8-3-9-17-28)37(45-24-29-18-10-4-11-19-29)40(47-26)50-35-32(41)34-31(48-38(35)42)25-46-39(49-34)30-20-12-5-13-21-30/h2-21,26,31-42H,22-25H2,1H3/t26-,31+,32-,33+,34-,35+,36+,37-,38+,39?,40-/m0/s1. The molecule has 50 heavy (non-hydrogen) atoms. The molecule has 0 aliphatic carbocycles. The summed E-state index contributed by atoms with van der Waals surface area (Å²) < 4.78 is 50.7. The minimum absolute atomic E-state index is 0.126. The lowest BCUT2D eigenvalue weighted by molar-refractivity contribution is -0.391. The van der Waals surface area contributed by atoms with Gasteiger partial charge in [0.1, 0.15) is 42.7 Å². The number of benzene rings is 4. The number of rotatable bonds is 12. The molecule has 7 rings (SSSR count). The maximum atomic E-state index is 11.7. The van der Waals surface area contributed by atoms with Crippen molar-refractivity contribution >= 4 is 0 Å². The summed E-state index contributed by atoms with van der Waals surface area (Å²) in [5.41, 5.74) is 3.74. The largest absolute Gasteiger partial charge is 0.387 e. The highest BCUT2D eigenvalue weighted by Gasteiger charge is 2.54. The second kappa shape index (κ2) is 16.7. The van der Waals surface area contributed by atoms with E-state index >= 15 is 0 Å². The van der Waals surface area contributed by atoms with E-state index in [-0.39, 0.29) is 19.8 Å². The van der Waals surface area contributed by atoms with Crippen molar-refractivity contribution < 1.29 is 48.1 Å². The maximum Gasteiger partial charge on any atom is 0.187 e. The van der Waals surface area contributed by atoms with Gasteiger partial charge in [-0.05, 0) is 23.6 Å². The second-order valence-electron chi connectivity index (χ2n) is 12.8. The van der Waals surface area contributed by atoms with Crippen LogP contribution in [-0.4, -0.2) is 78.2 Å². The molecule has 0 spiro atoms. The van der Waals surface area contributed by atoms with E-state index in [1.54, 1.807) is 0 Å². The molecule has 3 aliphatic rings. The highest BCUT2D eigenvalue weighted by atomic mass is 16.8. The van der Waals surface area contributed by atoms with Gasteiger partial charge in [-0.1, -0.05) is 121 Å². The quantitative estimate of drug-likeness (QED) is 0.210. The first-order chi connectivity index (χ1) is 24.5. The van der Waals surface area contributed by atoms with Crippen LogP contribution in [0.1, 0.15) is 35.5 Å². The van der Waals surface area contributed by atoms with Crippen molar-refractivity contribution in [2.45, 2.75) is 94.4 Å². The first-order valence-corrected chi connectivity index (χ1v) is 17.1. The normalized spacial score (nSPS) is 32.7. The van der Waals surface area contributed by atoms with Crippen molar-refractivity contribution in [3.8, 4) is 0 Å². The number of hydrogen-bond donors (Lipinski definition) is 2. The predicted octanol–water partition coefficient (Wildman–Crippen LogP) is 5.06. The Bertz CT molecular complexity index is 1580. The van der Waals surface area contributed by atoms with Gasteiger partial charge in [0.05, 0.1) is 32.5 Å². The molecule has 0 radical (unpaired) electrons. The van der Waals surface area contributed by atoms with E-state index in [2.05, 4.69) is 0 Å². The van der Waals surface area contributed by atoms with E-state index in [1.165, 1.54) is 0 Å². The van der Waals surface area contributed by atoms with Gasteiger partial charge in [-0.2, -0.15) is 0 Å². The van der Waals surface area contributed by atoms with E-state index in [0.717, 1.165) is 22.3 Å². The third-order valence-corrected chi connectivity index (χ3v) is 9.27. The van der Waals surface area contributed by atoms with Crippen LogP contribution in [0.2, 0.25) is 0 Å². The number of fused-ring (bicyclic) bond motifs is 1. The SMILES string of the molecule is C[C@@H]1O[C@@H](O[C@@H]2[C@@H](O)[C@H]3OC(c4ccccc4)OC[C@H]3O[C@H]2O)[C@@H](OCc2ccccc2)[C@H](OCc2ccccc2)[C@@H]1OCc1ccccc1. The zero-order valence-electron chi connectivity index (χ0n) is 27.9. The molecule has 0 amide bonds. The van der Waals surface area contributed by atoms with Crippen molar-refractivity contribution in [1.82, 2.24) is 0 Å². The van der Waals surface area contributed by atoms with E-state index in [9.17, 15) is 10.2 Å². The zero-order valence-corrected chi connectivity index (χ0v) is 27.9. The van der Waals surface area contributed by atoms with Gasteiger partial charge in [-0.15, -0.1) is 0 Å². The summed E-state index contributed by atoms with van der Waals surface area (Å²) in [5, 5.41) is 22.8. The third-order valence-electron chi connectivity index (χ3n) is 9.27. The summed E-state index contributed by atoms with van der Waals surface area (Å²) in [7, 11) is 0. The monoisotopic (exact) mass is 684 g/mol. The Hall–Kier alpha value is -3.52. The lowest BCUT2D eigenvalue weighted by Gasteiger charge is -2.49. The Morgan fingerprint density at radius 3 is 1.64 bits per heavy atom. The molecule has 11 atom stereocenters. The number of aliphatic hydroxyl groups excluding tert-OH is 2. The Kier molecular flexibility index (Phi) is 11.6. The molecule has 0 aromatic heterocycles. The van der Waals surface area contributed by atoms with Crippen LogP contribution in [-0.2, 0) is 57.7 Å². The Balaban J connectivity index is 1.14. The van der Waals surface area contributed by atoms with Crippen LogP contribution in [0.5, 0.6) is 0 Å². The van der Waals surface area contributed by atoms with E-state index in [4.69, 9.17) is 37.9 Å². The third kappa shape index (κ3) is 8.33. The summed E-state index contributed by atoms with van der Waals surface area (Å²) in [6.07, 6.45) is -9.88. The van der Waals surface area contributed by atoms with Crippen molar-refractivity contribution in [3.05, 3.63) is 144 Å². The average Bonchev–Trinajstić information content (AvgIpc) is 3.16. The molecule has 4 aromatic carbocycles. The molecule has 3 saturated heterocycles. The maximum absolute atomic E-state index is 11.7. The zero-order chi connectivity index (χ0) is 34.3. The highest BCUT2D eigenvalue weighted by Crippen LogP contribution is 2.37. The van der Waals surface area contributed by atoms with Crippen LogP contribution in [0, 0.1) is 0 Å². The van der Waals surface area contributed by atoms with Crippen LogP contribution in [0.15, 0.2) is 121 Å². The number of ether oxygens (including phenoxy) is 8. The minimum Gasteiger partial charge on any atom is -0.387 e. The summed E-state index contributed by atoms with van der Waals surface area (Å²) in [6.45, 7) is 2.87. The van der Waals surface area contributed by atoms with Crippen molar-refractivity contribution in [1.29, 1.82) is 0 Å². The summed E-state index contributed by atoms with van der Waals surface area (Å²) >= 11 is 0. The topological polar surface area (TPSA) is 114 Å². The van der Waals surface area contributed by atoms with E-state index in [0.29, 0.717) is 6.61 Å². The first-order valence-electron chi connectivity index (χ1n) is 17.1. The van der Waals surface area contributed by atoms with Gasteiger partial charge in [-0.3, -0.25) is 0 Å². The molecule has 0 bridgehead atoms. The van der Waals surface area contributed by atoms with Gasteiger partial charge in [0.15, 0.2) is 18.9 Å². The molecule has 3 fully saturated rings. The highest BCUT2D eigenvalue weighted by molar-refractivity contribution is 5.18. The first kappa shape index (κ1) is 34.9. The van der Waals surface area contributed by atoms with Crippen LogP contribution in [0.25, 0.3) is 0 Å². The van der Waals surface area contributed by atoms with Crippen LogP contribution in [0.3, 0.4) is 0 Å². The fourth-order valence-corrected chi connectivity index (χ4v) is 6.64. The van der Waals surface area contributed by atoms with Gasteiger partial charge in [0, 0.05) is 5.56 Å². The summed E-state index contributed by atoms with van der Waals surface area (Å²) in [4.78, 5) is 0. The van der Waals surface area contributed by atoms with Gasteiger partial charge in [0.25, 0.3) is 0 Å². The molecule has 1 unspecified atom stereocenters. The lowest BCUT2D eigenvalue weighted by Crippen LogP contribution is -2.66. The van der Waals surface area contributed by atoms with Crippen LogP contribution in [0.4, 0.5) is 0 Å². The minimum atomic E-state index is -1.49. The van der Waals surface area contributed by atoms with Crippen molar-refractivity contribution in [2.24, 2.45) is 0 Å². The molecule has 10 nitrogen and oxygen atoms in total. The van der Waals surface area contributed by atoms with Gasteiger partial charge >= 0.3 is 0 Å². The second-order valence-corrected chi connectivity index (χ2v) is 12.8. The number of aliphatic hydroxyl groups is 2. The number of hydrogen-bond acceptors (Lipinski definition) is 10. The summed E-state index contributed by atoms with van der Waals surface area (Å²) in [6, 6.07) is 39.0. The summed E-state index contributed by atoms with van der Waals surface area (Å²) in [5.74, 6) is 0. The van der Waals surface area contributed by atoms with Crippen LogP contribution >= 0.6 is 0 Å². The Morgan fingerprint density at radius 2 is 1.08 bits per heavy atom. The van der Waals surface area contributed by atoms with Crippen molar-refractivity contribution in [2.75, 3.05) is 6.61 Å². The fraction of sp³-hybridized carbons (Fsp3) is 0.400. The molecule has 264 valence electrons. The lowest BCUT2D eigenvalue weighted by atomic mass is 9.96. The molecule has 4 aromatic rings.